The van der Waals surface area contributed by atoms with Gasteiger partial charge in [-0.2, -0.15) is 10.4 Å². The predicted molar refractivity (Wildman–Crippen MR) is 86.2 cm³/mol. The lowest BCUT2D eigenvalue weighted by molar-refractivity contribution is -0.117. The van der Waals surface area contributed by atoms with Crippen molar-refractivity contribution in [1.82, 2.24) is 9.78 Å². The van der Waals surface area contributed by atoms with Crippen LogP contribution in [-0.4, -0.2) is 21.5 Å². The van der Waals surface area contributed by atoms with Gasteiger partial charge in [0.05, 0.1) is 17.8 Å². The highest BCUT2D eigenvalue weighted by molar-refractivity contribution is 6.31. The van der Waals surface area contributed by atoms with Crippen molar-refractivity contribution in [3.8, 4) is 6.07 Å². The van der Waals surface area contributed by atoms with E-state index in [2.05, 4.69) is 10.4 Å². The first kappa shape index (κ1) is 16.7. The van der Waals surface area contributed by atoms with E-state index >= 15 is 0 Å². The van der Waals surface area contributed by atoms with E-state index in [-0.39, 0.29) is 5.56 Å². The van der Waals surface area contributed by atoms with Crippen LogP contribution in [0.2, 0.25) is 5.02 Å². The summed E-state index contributed by atoms with van der Waals surface area (Å²) in [5, 5.41) is 16.2. The van der Waals surface area contributed by atoms with E-state index in [1.807, 2.05) is 6.92 Å². The van der Waals surface area contributed by atoms with Gasteiger partial charge in [-0.15, -0.1) is 0 Å². The Balaban J connectivity index is 2.20. The number of aromatic nitrogens is 2. The molecule has 2 rings (SSSR count). The molecule has 0 saturated heterocycles. The number of nitrogens with one attached hydrogen (secondary N) is 1. The van der Waals surface area contributed by atoms with Crippen LogP contribution in [0.4, 0.5) is 5.69 Å². The van der Waals surface area contributed by atoms with Gasteiger partial charge in [0.1, 0.15) is 0 Å². The van der Waals surface area contributed by atoms with Crippen LogP contribution in [0.5, 0.6) is 0 Å². The van der Waals surface area contributed by atoms with Crippen molar-refractivity contribution in [2.45, 2.75) is 20.4 Å². The van der Waals surface area contributed by atoms with Gasteiger partial charge in [0.25, 0.3) is 0 Å². The Morgan fingerprint density at radius 3 is 2.83 bits per heavy atom. The largest absolute Gasteiger partial charge is 0.324 e. The zero-order valence-electron chi connectivity index (χ0n) is 12.7. The van der Waals surface area contributed by atoms with Gasteiger partial charge >= 0.3 is 0 Å². The fourth-order valence-electron chi connectivity index (χ4n) is 2.00. The molecule has 1 aromatic heterocycles. The molecule has 1 atom stereocenters. The Bertz CT molecular complexity index is 792. The lowest BCUT2D eigenvalue weighted by Gasteiger charge is -2.11. The predicted octanol–water partition coefficient (Wildman–Crippen LogP) is 2.83. The summed E-state index contributed by atoms with van der Waals surface area (Å²) >= 11 is 5.90. The minimum Gasteiger partial charge on any atom is -0.324 e. The number of hydrogen-bond donors (Lipinski definition) is 1. The van der Waals surface area contributed by atoms with E-state index in [4.69, 9.17) is 11.6 Å². The Morgan fingerprint density at radius 1 is 1.48 bits per heavy atom. The summed E-state index contributed by atoms with van der Waals surface area (Å²) in [6.07, 6.45) is 2.87. The maximum Gasteiger partial charge on any atom is 0.249 e. The molecule has 0 bridgehead atoms. The molecule has 1 heterocycles. The number of hydrogen-bond acceptors (Lipinski definition) is 4. The molecule has 0 aliphatic carbocycles. The number of ketones is 1. The fourth-order valence-corrected chi connectivity index (χ4v) is 2.17. The number of carbonyl (C=O) groups excluding carboxylic acids is 2. The summed E-state index contributed by atoms with van der Waals surface area (Å²) < 4.78 is 1.56. The van der Waals surface area contributed by atoms with Crippen molar-refractivity contribution in [2.75, 3.05) is 5.32 Å². The van der Waals surface area contributed by atoms with E-state index < -0.39 is 17.6 Å². The minimum absolute atomic E-state index is 0.233. The van der Waals surface area contributed by atoms with Crippen LogP contribution < -0.4 is 5.32 Å². The van der Waals surface area contributed by atoms with Crippen LogP contribution in [0.3, 0.4) is 0 Å². The summed E-state index contributed by atoms with van der Waals surface area (Å²) in [5.41, 5.74) is 1.49. The topological polar surface area (TPSA) is 87.8 Å². The highest BCUT2D eigenvalue weighted by atomic mass is 35.5. The number of Topliss-reactive ketones (excluding diaryl/α,β-unsaturated/α-hetero) is 1. The van der Waals surface area contributed by atoms with Gasteiger partial charge in [-0.05, 0) is 31.5 Å². The molecule has 0 saturated carbocycles. The van der Waals surface area contributed by atoms with Gasteiger partial charge in [0, 0.05) is 23.5 Å². The maximum atomic E-state index is 12.3. The molecule has 0 aliphatic rings. The molecule has 0 aliphatic heterocycles. The summed E-state index contributed by atoms with van der Waals surface area (Å²) in [5.74, 6) is -2.71. The highest BCUT2D eigenvalue weighted by Crippen LogP contribution is 2.21. The Morgan fingerprint density at radius 2 is 2.22 bits per heavy atom. The first-order valence-corrected chi connectivity index (χ1v) is 7.37. The van der Waals surface area contributed by atoms with E-state index in [9.17, 15) is 14.9 Å². The average Bonchev–Trinajstić information content (AvgIpc) is 3.00. The van der Waals surface area contributed by atoms with Gasteiger partial charge in [0.2, 0.25) is 5.91 Å². The van der Waals surface area contributed by atoms with Crippen molar-refractivity contribution >= 4 is 29.0 Å². The highest BCUT2D eigenvalue weighted by Gasteiger charge is 2.28. The van der Waals surface area contributed by atoms with E-state index in [0.717, 1.165) is 5.56 Å². The van der Waals surface area contributed by atoms with Crippen molar-refractivity contribution in [1.29, 1.82) is 5.26 Å². The van der Waals surface area contributed by atoms with E-state index in [1.54, 1.807) is 35.9 Å². The van der Waals surface area contributed by atoms with E-state index in [0.29, 0.717) is 17.3 Å². The number of nitrogens with zero attached hydrogens (tertiary/aromatic N) is 3. The minimum atomic E-state index is -1.44. The normalized spacial score (nSPS) is 11.6. The molecule has 1 amide bonds. The number of anilines is 1. The molecule has 1 N–H and O–H groups in total. The molecule has 2 aromatic rings. The molecular weight excluding hydrogens is 316 g/mol. The average molecular weight is 331 g/mol. The second-order valence-corrected chi connectivity index (χ2v) is 5.40. The number of nitriles is 1. The first-order chi connectivity index (χ1) is 11.0. The molecule has 0 unspecified atom stereocenters. The van der Waals surface area contributed by atoms with E-state index in [1.165, 1.54) is 12.4 Å². The number of carbonyl (C=O) groups is 2. The number of amides is 1. The first-order valence-electron chi connectivity index (χ1n) is 6.99. The zero-order chi connectivity index (χ0) is 17.0. The summed E-state index contributed by atoms with van der Waals surface area (Å²) in [7, 11) is 0. The van der Waals surface area contributed by atoms with Crippen LogP contribution in [-0.2, 0) is 11.3 Å². The molecule has 0 radical (unpaired) electrons. The van der Waals surface area contributed by atoms with Crippen LogP contribution >= 0.6 is 11.6 Å². The van der Waals surface area contributed by atoms with Crippen molar-refractivity contribution in [3.05, 3.63) is 46.7 Å². The van der Waals surface area contributed by atoms with Crippen LogP contribution in [0.15, 0.2) is 30.6 Å². The number of rotatable bonds is 5. The SMILES string of the molecule is CCn1cc(C(=O)[C@@H](C#N)C(=O)Nc2cc(Cl)ccc2C)cn1. The molecule has 7 heteroatoms. The molecule has 1 aromatic carbocycles. The molecular formula is C16H15ClN4O2. The lowest BCUT2D eigenvalue weighted by atomic mass is 10.00. The second kappa shape index (κ2) is 7.07. The summed E-state index contributed by atoms with van der Waals surface area (Å²) in [6.45, 7) is 4.26. The third-order valence-corrected chi connectivity index (χ3v) is 3.59. The lowest BCUT2D eigenvalue weighted by Crippen LogP contribution is -2.28. The molecule has 118 valence electrons. The third-order valence-electron chi connectivity index (χ3n) is 3.35. The molecule has 23 heavy (non-hydrogen) atoms. The maximum absolute atomic E-state index is 12.3. The molecule has 6 nitrogen and oxygen atoms in total. The molecule has 0 fully saturated rings. The number of benzene rings is 1. The third kappa shape index (κ3) is 3.76. The van der Waals surface area contributed by atoms with Gasteiger partial charge in [0.15, 0.2) is 11.7 Å². The Hall–Kier alpha value is -2.65. The van der Waals surface area contributed by atoms with Crippen LogP contribution in [0.1, 0.15) is 22.8 Å². The fraction of sp³-hybridized carbons (Fsp3) is 0.250. The van der Waals surface area contributed by atoms with Gasteiger partial charge in [-0.1, -0.05) is 17.7 Å². The van der Waals surface area contributed by atoms with Gasteiger partial charge < -0.3 is 5.32 Å². The number of aryl methyl sites for hydroxylation is 2. The summed E-state index contributed by atoms with van der Waals surface area (Å²) in [4.78, 5) is 24.6. The molecule has 0 spiro atoms. The summed E-state index contributed by atoms with van der Waals surface area (Å²) in [6, 6.07) is 6.76. The Kier molecular flexibility index (Phi) is 5.14. The number of halogens is 1. The van der Waals surface area contributed by atoms with Crippen LogP contribution in [0.25, 0.3) is 0 Å². The smallest absolute Gasteiger partial charge is 0.249 e. The van der Waals surface area contributed by atoms with Crippen molar-refractivity contribution in [2.24, 2.45) is 5.92 Å². The zero-order valence-corrected chi connectivity index (χ0v) is 13.5. The quantitative estimate of drug-likeness (QED) is 0.674. The van der Waals surface area contributed by atoms with Crippen molar-refractivity contribution < 1.29 is 9.59 Å². The standard InChI is InChI=1S/C16H15ClN4O2/c1-3-21-9-11(8-19-21)15(22)13(7-18)16(23)20-14-6-12(17)5-4-10(14)2/h4-6,8-9,13H,3H2,1-2H3,(H,20,23)/t13-/m1/s1. The van der Waals surface area contributed by atoms with Gasteiger partial charge in [-0.25, -0.2) is 0 Å². The van der Waals surface area contributed by atoms with Crippen molar-refractivity contribution in [3.63, 3.8) is 0 Å². The Labute approximate surface area is 138 Å². The van der Waals surface area contributed by atoms with Crippen LogP contribution in [0, 0.1) is 24.2 Å². The monoisotopic (exact) mass is 330 g/mol. The second-order valence-electron chi connectivity index (χ2n) is 4.96. The van der Waals surface area contributed by atoms with Gasteiger partial charge in [-0.3, -0.25) is 14.3 Å².